The van der Waals surface area contributed by atoms with Gasteiger partial charge in [0.2, 0.25) is 5.69 Å². The van der Waals surface area contributed by atoms with Crippen LogP contribution >= 0.6 is 0 Å². The van der Waals surface area contributed by atoms with E-state index >= 15 is 0 Å². The van der Waals surface area contributed by atoms with Crippen molar-refractivity contribution in [3.63, 3.8) is 0 Å². The molecule has 1 atom stereocenters. The van der Waals surface area contributed by atoms with E-state index in [0.717, 1.165) is 75.7 Å². The summed E-state index contributed by atoms with van der Waals surface area (Å²) in [5.41, 5.74) is 6.50. The number of aliphatic carboxylic acids is 2. The number of carboxylic acids is 2. The molecule has 0 radical (unpaired) electrons. The van der Waals surface area contributed by atoms with Crippen molar-refractivity contribution in [3.05, 3.63) is 108 Å². The van der Waals surface area contributed by atoms with Crippen molar-refractivity contribution < 1.29 is 24.4 Å². The van der Waals surface area contributed by atoms with Crippen molar-refractivity contribution in [2.45, 2.75) is 161 Å². The first-order chi connectivity index (χ1) is 28.5. The highest BCUT2D eigenvalue weighted by Crippen LogP contribution is 2.52. The molecule has 6 heteroatoms. The Hall–Kier alpha value is -4.71. The number of carbonyl (C=O) groups is 2. The van der Waals surface area contributed by atoms with Crippen molar-refractivity contribution >= 4 is 50.6 Å². The first-order valence-electron chi connectivity index (χ1n) is 22.8. The molecule has 0 bridgehead atoms. The number of benzene rings is 4. The molecule has 2 aliphatic heterocycles. The summed E-state index contributed by atoms with van der Waals surface area (Å²) in [6, 6.07) is 25.5. The van der Waals surface area contributed by atoms with E-state index in [1.54, 1.807) is 0 Å². The second kappa shape index (κ2) is 20.0. The van der Waals surface area contributed by atoms with E-state index in [1.807, 2.05) is 0 Å². The van der Waals surface area contributed by atoms with Gasteiger partial charge in [-0.15, -0.1) is 0 Å². The number of nitrogens with zero attached hydrogens (tertiary/aromatic N) is 2. The van der Waals surface area contributed by atoms with Gasteiger partial charge in [0.25, 0.3) is 0 Å². The number of hydrogen-bond acceptors (Lipinski definition) is 3. The Kier molecular flexibility index (Phi) is 14.9. The topological polar surface area (TPSA) is 80.8 Å². The summed E-state index contributed by atoms with van der Waals surface area (Å²) in [4.78, 5) is 26.3. The zero-order chi connectivity index (χ0) is 42.0. The van der Waals surface area contributed by atoms with Crippen LogP contribution in [0.1, 0.15) is 155 Å². The molecule has 1 unspecified atom stereocenters. The van der Waals surface area contributed by atoms with Crippen LogP contribution in [0.15, 0.2) is 96.7 Å². The quantitative estimate of drug-likeness (QED) is 0.0577. The number of unbranched alkanes of at least 4 members (excludes halogenated alkanes) is 13. The summed E-state index contributed by atoms with van der Waals surface area (Å²) in [5, 5.41) is 24.7. The van der Waals surface area contributed by atoms with Crippen molar-refractivity contribution in [2.24, 2.45) is 0 Å². The molecule has 314 valence electrons. The van der Waals surface area contributed by atoms with E-state index in [0.29, 0.717) is 6.42 Å². The zero-order valence-corrected chi connectivity index (χ0v) is 36.6. The lowest BCUT2D eigenvalue weighted by atomic mass is 9.79. The molecule has 0 spiro atoms. The Labute approximate surface area is 353 Å². The Bertz CT molecular complexity index is 2190. The Balaban J connectivity index is 1.31. The molecule has 0 fully saturated rings. The molecule has 0 saturated carbocycles. The fourth-order valence-electron chi connectivity index (χ4n) is 10.1. The molecule has 6 rings (SSSR count). The monoisotopic (exact) mass is 798 g/mol. The Morgan fingerprint density at radius 3 is 1.85 bits per heavy atom. The number of anilines is 1. The van der Waals surface area contributed by atoms with Crippen LogP contribution in [-0.4, -0.2) is 45.0 Å². The van der Waals surface area contributed by atoms with Gasteiger partial charge in [-0.3, -0.25) is 4.79 Å². The first kappa shape index (κ1) is 43.9. The van der Waals surface area contributed by atoms with E-state index in [4.69, 9.17) is 5.11 Å². The van der Waals surface area contributed by atoms with Crippen LogP contribution in [0.2, 0.25) is 0 Å². The minimum absolute atomic E-state index is 0.244. The highest BCUT2D eigenvalue weighted by molar-refractivity contribution is 6.08. The van der Waals surface area contributed by atoms with Crippen LogP contribution in [0.4, 0.5) is 11.4 Å². The molecule has 4 aromatic rings. The van der Waals surface area contributed by atoms with Crippen LogP contribution in [0.3, 0.4) is 0 Å². The number of carboxylic acid groups (broad SMARTS) is 2. The SMILES string of the molecule is CCCCCCCCCC(C(=O)O)N1/C(=C\C=C\C2=[N+](CCCCCCCCCCC(=O)O)c3ccc4ccccc4c3C2(C)C)C(C)(C)c2c1ccc1ccccc21. The fourth-order valence-corrected chi connectivity index (χ4v) is 10.1. The molecule has 59 heavy (non-hydrogen) atoms. The smallest absolute Gasteiger partial charge is 0.326 e. The van der Waals surface area contributed by atoms with Gasteiger partial charge in [-0.05, 0) is 78.4 Å². The highest BCUT2D eigenvalue weighted by Gasteiger charge is 2.47. The van der Waals surface area contributed by atoms with Crippen LogP contribution < -0.4 is 4.90 Å². The summed E-state index contributed by atoms with van der Waals surface area (Å²) < 4.78 is 2.54. The van der Waals surface area contributed by atoms with E-state index in [9.17, 15) is 14.7 Å². The molecule has 2 N–H and O–H groups in total. The first-order valence-corrected chi connectivity index (χ1v) is 22.8. The van der Waals surface area contributed by atoms with Gasteiger partial charge in [0.1, 0.15) is 12.6 Å². The lowest BCUT2D eigenvalue weighted by Gasteiger charge is -2.32. The number of fused-ring (bicyclic) bond motifs is 6. The molecule has 0 saturated heterocycles. The van der Waals surface area contributed by atoms with Gasteiger partial charge in [0.15, 0.2) is 5.71 Å². The van der Waals surface area contributed by atoms with Crippen molar-refractivity contribution in [3.8, 4) is 0 Å². The molecule has 2 aliphatic rings. The zero-order valence-electron chi connectivity index (χ0n) is 36.6. The standard InChI is InChI=1S/C53H68N2O4/c1-6-7-8-9-12-15-18-30-45(51(58)59)55-44-37-35-40-27-21-23-29-42(40)50(44)53(4,5)47(55)32-25-31-46-52(2,3)49-41-28-22-20-26-39(41)34-36-43(49)54(46)38-24-17-14-11-10-13-16-19-33-48(56)57/h20-23,25-29,31-32,34-37,45H,6-19,24,30,33,38H2,1-5H3,(H-,56,57,58,59)/p+1. The largest absolute Gasteiger partial charge is 0.481 e. The molecule has 0 aliphatic carbocycles. The summed E-state index contributed by atoms with van der Waals surface area (Å²) >= 11 is 0. The minimum atomic E-state index is -0.763. The average molecular weight is 798 g/mol. The third kappa shape index (κ3) is 9.85. The molecule has 2 heterocycles. The van der Waals surface area contributed by atoms with E-state index in [1.165, 1.54) is 82.6 Å². The molecular weight excluding hydrogens is 729 g/mol. The lowest BCUT2D eigenvalue weighted by molar-refractivity contribution is -0.438. The highest BCUT2D eigenvalue weighted by atomic mass is 16.4. The van der Waals surface area contributed by atoms with Crippen LogP contribution in [0.25, 0.3) is 21.5 Å². The molecule has 0 aromatic heterocycles. The van der Waals surface area contributed by atoms with Gasteiger partial charge < -0.3 is 15.1 Å². The number of hydrogen-bond donors (Lipinski definition) is 2. The van der Waals surface area contributed by atoms with E-state index in [-0.39, 0.29) is 11.8 Å². The van der Waals surface area contributed by atoms with Crippen molar-refractivity contribution in [2.75, 3.05) is 11.4 Å². The summed E-state index contributed by atoms with van der Waals surface area (Å²) in [7, 11) is 0. The van der Waals surface area contributed by atoms with Gasteiger partial charge in [0, 0.05) is 47.3 Å². The van der Waals surface area contributed by atoms with Crippen LogP contribution in [0.5, 0.6) is 0 Å². The molecular formula is C53H69N2O4+. The number of rotatable bonds is 23. The maximum Gasteiger partial charge on any atom is 0.326 e. The van der Waals surface area contributed by atoms with E-state index in [2.05, 4.69) is 135 Å². The molecule has 4 aromatic carbocycles. The van der Waals surface area contributed by atoms with Gasteiger partial charge in [0.05, 0.1) is 5.41 Å². The minimum Gasteiger partial charge on any atom is -0.481 e. The fraction of sp³-hybridized carbons (Fsp3) is 0.491. The van der Waals surface area contributed by atoms with E-state index < -0.39 is 23.4 Å². The predicted molar refractivity (Wildman–Crippen MR) is 247 cm³/mol. The Morgan fingerprint density at radius 1 is 0.661 bits per heavy atom. The maximum absolute atomic E-state index is 13.3. The van der Waals surface area contributed by atoms with Gasteiger partial charge in [-0.2, -0.15) is 4.58 Å². The van der Waals surface area contributed by atoms with Gasteiger partial charge in [-0.1, -0.05) is 158 Å². The molecule has 0 amide bonds. The van der Waals surface area contributed by atoms with Gasteiger partial charge >= 0.3 is 11.9 Å². The second-order valence-electron chi connectivity index (χ2n) is 18.2. The van der Waals surface area contributed by atoms with Crippen molar-refractivity contribution in [1.82, 2.24) is 0 Å². The maximum atomic E-state index is 13.3. The third-order valence-electron chi connectivity index (χ3n) is 13.2. The number of allylic oxidation sites excluding steroid dienone is 4. The second-order valence-corrected chi connectivity index (χ2v) is 18.2. The van der Waals surface area contributed by atoms with Crippen molar-refractivity contribution in [1.29, 1.82) is 0 Å². The predicted octanol–water partition coefficient (Wildman–Crippen LogP) is 13.8. The lowest BCUT2D eigenvalue weighted by Crippen LogP contribution is -2.41. The Morgan fingerprint density at radius 2 is 1.22 bits per heavy atom. The van der Waals surface area contributed by atoms with Crippen LogP contribution in [0, 0.1) is 0 Å². The van der Waals surface area contributed by atoms with Crippen LogP contribution in [-0.2, 0) is 20.4 Å². The summed E-state index contributed by atoms with van der Waals surface area (Å²) in [5.74, 6) is -1.46. The summed E-state index contributed by atoms with van der Waals surface area (Å²) in [6.45, 7) is 12.4. The molecule has 6 nitrogen and oxygen atoms in total. The normalized spacial score (nSPS) is 16.8. The summed E-state index contributed by atoms with van der Waals surface area (Å²) in [6.07, 6.45) is 24.3. The van der Waals surface area contributed by atoms with Gasteiger partial charge in [-0.25, -0.2) is 4.79 Å². The average Bonchev–Trinajstić information content (AvgIpc) is 3.57. The third-order valence-corrected chi connectivity index (χ3v) is 13.2.